The molecule has 0 unspecified atom stereocenters. The highest BCUT2D eigenvalue weighted by atomic mass is 15.1. The third-order valence-corrected chi connectivity index (χ3v) is 11.4. The van der Waals surface area contributed by atoms with Crippen LogP contribution in [0.25, 0.3) is 86.9 Å². The number of rotatable bonds is 5. The molecule has 0 aliphatic carbocycles. The number of para-hydroxylation sites is 1. The zero-order valence-electron chi connectivity index (χ0n) is 30.2. The number of fused-ring (bicyclic) bond motifs is 9. The summed E-state index contributed by atoms with van der Waals surface area (Å²) in [6.45, 7) is 0. The summed E-state index contributed by atoms with van der Waals surface area (Å²) in [7, 11) is 0. The molecule has 0 aliphatic rings. The monoisotopic (exact) mass is 697 g/mol. The Morgan fingerprint density at radius 3 is 1.25 bits per heavy atom. The summed E-state index contributed by atoms with van der Waals surface area (Å²) in [5, 5.41) is 15.1. The predicted molar refractivity (Wildman–Crippen MR) is 237 cm³/mol. The van der Waals surface area contributed by atoms with Crippen molar-refractivity contribution in [3.8, 4) is 22.3 Å². The van der Waals surface area contributed by atoms with E-state index in [4.69, 9.17) is 0 Å². The van der Waals surface area contributed by atoms with E-state index >= 15 is 0 Å². The molecule has 0 fully saturated rings. The first kappa shape index (κ1) is 31.3. The SMILES string of the molecule is c1ccc(N(c2ccc(-c3cccc4c3ccc3ccccc34)cc2)c2cccc3c2ccc2ccccc23)c(-c2cccc3c2ccc2ccccc23)c1. The van der Waals surface area contributed by atoms with Crippen LogP contribution < -0.4 is 4.90 Å². The Kier molecular flexibility index (Phi) is 7.25. The van der Waals surface area contributed by atoms with Gasteiger partial charge in [0.05, 0.1) is 11.4 Å². The maximum absolute atomic E-state index is 2.46. The number of benzene rings is 11. The fraction of sp³-hybridized carbons (Fsp3) is 0. The van der Waals surface area contributed by atoms with Gasteiger partial charge in [-0.3, -0.25) is 0 Å². The van der Waals surface area contributed by atoms with Crippen LogP contribution in [0.15, 0.2) is 212 Å². The molecule has 0 atom stereocenters. The van der Waals surface area contributed by atoms with Crippen molar-refractivity contribution >= 4 is 81.7 Å². The Balaban J connectivity index is 1.14. The van der Waals surface area contributed by atoms with E-state index in [1.807, 2.05) is 0 Å². The molecule has 0 aromatic heterocycles. The van der Waals surface area contributed by atoms with Gasteiger partial charge in [-0.15, -0.1) is 0 Å². The van der Waals surface area contributed by atoms with Gasteiger partial charge in [-0.25, -0.2) is 0 Å². The number of anilines is 3. The second kappa shape index (κ2) is 12.7. The van der Waals surface area contributed by atoms with Crippen LogP contribution in [-0.2, 0) is 0 Å². The molecule has 0 N–H and O–H groups in total. The smallest absolute Gasteiger partial charge is 0.0540 e. The summed E-state index contributed by atoms with van der Waals surface area (Å²) >= 11 is 0. The summed E-state index contributed by atoms with van der Waals surface area (Å²) < 4.78 is 0. The molecule has 0 aliphatic heterocycles. The van der Waals surface area contributed by atoms with Crippen LogP contribution in [0, 0.1) is 0 Å². The standard InChI is InChI=1S/C54H35N/c1-4-15-41-36(12-1)28-33-49-44(19-9-20-45(41)49)39-26-31-40(32-27-39)55(54-25-11-23-47-43-17-6-3-14-38(43)30-35-52(47)54)53-24-8-7-18-51(53)48-22-10-21-46-42-16-5-2-13-37(42)29-34-50(46)48/h1-35H. The summed E-state index contributed by atoms with van der Waals surface area (Å²) in [5.74, 6) is 0. The van der Waals surface area contributed by atoms with Crippen molar-refractivity contribution in [2.24, 2.45) is 0 Å². The van der Waals surface area contributed by atoms with Crippen LogP contribution in [0.5, 0.6) is 0 Å². The van der Waals surface area contributed by atoms with Crippen LogP contribution in [0.4, 0.5) is 17.1 Å². The summed E-state index contributed by atoms with van der Waals surface area (Å²) in [6.07, 6.45) is 0. The molecule has 0 bridgehead atoms. The molecule has 1 nitrogen and oxygen atoms in total. The van der Waals surface area contributed by atoms with Gasteiger partial charge in [0.25, 0.3) is 0 Å². The molecule has 0 spiro atoms. The largest absolute Gasteiger partial charge is 0.309 e. The highest BCUT2D eigenvalue weighted by Gasteiger charge is 2.21. The van der Waals surface area contributed by atoms with Crippen LogP contribution in [0.2, 0.25) is 0 Å². The van der Waals surface area contributed by atoms with Gasteiger partial charge < -0.3 is 4.90 Å². The van der Waals surface area contributed by atoms with E-state index in [1.54, 1.807) is 0 Å². The van der Waals surface area contributed by atoms with E-state index in [2.05, 4.69) is 217 Å². The van der Waals surface area contributed by atoms with Crippen LogP contribution >= 0.6 is 0 Å². The minimum absolute atomic E-state index is 1.10. The molecule has 0 heterocycles. The second-order valence-electron chi connectivity index (χ2n) is 14.4. The van der Waals surface area contributed by atoms with E-state index in [0.29, 0.717) is 0 Å². The van der Waals surface area contributed by atoms with Gasteiger partial charge in [-0.2, -0.15) is 0 Å². The maximum Gasteiger partial charge on any atom is 0.0540 e. The van der Waals surface area contributed by atoms with E-state index in [-0.39, 0.29) is 0 Å². The third-order valence-electron chi connectivity index (χ3n) is 11.4. The van der Waals surface area contributed by atoms with E-state index in [0.717, 1.165) is 17.1 Å². The lowest BCUT2D eigenvalue weighted by Gasteiger charge is -2.29. The van der Waals surface area contributed by atoms with Gasteiger partial charge in [0, 0.05) is 16.6 Å². The fourth-order valence-electron chi connectivity index (χ4n) is 8.88. The average Bonchev–Trinajstić information content (AvgIpc) is 3.26. The molecular formula is C54H35N. The van der Waals surface area contributed by atoms with Crippen LogP contribution in [0.1, 0.15) is 0 Å². The van der Waals surface area contributed by atoms with Gasteiger partial charge in [-0.1, -0.05) is 188 Å². The van der Waals surface area contributed by atoms with Gasteiger partial charge in [-0.05, 0) is 100 Å². The average molecular weight is 698 g/mol. The lowest BCUT2D eigenvalue weighted by molar-refractivity contribution is 1.30. The zero-order chi connectivity index (χ0) is 36.3. The Morgan fingerprint density at radius 1 is 0.218 bits per heavy atom. The predicted octanol–water partition coefficient (Wildman–Crippen LogP) is 15.4. The summed E-state index contributed by atoms with van der Waals surface area (Å²) in [5.41, 5.74) is 8.22. The van der Waals surface area contributed by atoms with Crippen molar-refractivity contribution < 1.29 is 0 Å². The minimum Gasteiger partial charge on any atom is -0.309 e. The maximum atomic E-state index is 2.46. The lowest BCUT2D eigenvalue weighted by Crippen LogP contribution is -2.12. The van der Waals surface area contributed by atoms with Crippen molar-refractivity contribution in [1.82, 2.24) is 0 Å². The Morgan fingerprint density at radius 2 is 0.636 bits per heavy atom. The Bertz CT molecular complexity index is 3260. The number of hydrogen-bond donors (Lipinski definition) is 0. The van der Waals surface area contributed by atoms with E-state index in [1.165, 1.54) is 86.9 Å². The van der Waals surface area contributed by atoms with E-state index in [9.17, 15) is 0 Å². The molecule has 0 amide bonds. The molecule has 0 saturated carbocycles. The van der Waals surface area contributed by atoms with Gasteiger partial charge in [0.15, 0.2) is 0 Å². The quantitative estimate of drug-likeness (QED) is 0.162. The number of hydrogen-bond acceptors (Lipinski definition) is 1. The summed E-state index contributed by atoms with van der Waals surface area (Å²) in [6, 6.07) is 77.9. The lowest BCUT2D eigenvalue weighted by atomic mass is 9.93. The minimum atomic E-state index is 1.10. The first-order chi connectivity index (χ1) is 27.3. The Hall–Kier alpha value is -7.22. The van der Waals surface area contributed by atoms with Crippen LogP contribution in [0.3, 0.4) is 0 Å². The molecule has 1 heteroatoms. The third kappa shape index (κ3) is 5.09. The molecule has 55 heavy (non-hydrogen) atoms. The molecule has 0 radical (unpaired) electrons. The van der Waals surface area contributed by atoms with Crippen molar-refractivity contribution in [2.75, 3.05) is 4.90 Å². The second-order valence-corrected chi connectivity index (χ2v) is 14.4. The van der Waals surface area contributed by atoms with Crippen molar-refractivity contribution in [3.63, 3.8) is 0 Å². The molecule has 11 aromatic carbocycles. The molecule has 11 aromatic rings. The number of nitrogens with zero attached hydrogens (tertiary/aromatic N) is 1. The highest BCUT2D eigenvalue weighted by Crippen LogP contribution is 2.46. The van der Waals surface area contributed by atoms with Crippen LogP contribution in [-0.4, -0.2) is 0 Å². The van der Waals surface area contributed by atoms with Crippen molar-refractivity contribution in [2.45, 2.75) is 0 Å². The Labute approximate surface area is 320 Å². The first-order valence-electron chi connectivity index (χ1n) is 19.0. The molecular weight excluding hydrogens is 663 g/mol. The van der Waals surface area contributed by atoms with Crippen molar-refractivity contribution in [3.05, 3.63) is 212 Å². The van der Waals surface area contributed by atoms with Gasteiger partial charge in [0.1, 0.15) is 0 Å². The van der Waals surface area contributed by atoms with Gasteiger partial charge >= 0.3 is 0 Å². The molecule has 0 saturated heterocycles. The molecule has 11 rings (SSSR count). The first-order valence-corrected chi connectivity index (χ1v) is 19.0. The highest BCUT2D eigenvalue weighted by molar-refractivity contribution is 6.16. The van der Waals surface area contributed by atoms with E-state index < -0.39 is 0 Å². The summed E-state index contributed by atoms with van der Waals surface area (Å²) in [4.78, 5) is 2.46. The normalized spacial score (nSPS) is 11.6. The topological polar surface area (TPSA) is 3.24 Å². The zero-order valence-corrected chi connectivity index (χ0v) is 30.2. The van der Waals surface area contributed by atoms with Crippen molar-refractivity contribution in [1.29, 1.82) is 0 Å². The molecule has 256 valence electrons. The van der Waals surface area contributed by atoms with Gasteiger partial charge in [0.2, 0.25) is 0 Å². The fourth-order valence-corrected chi connectivity index (χ4v) is 8.88.